The SMILES string of the molecule is Clc1cc2c(cc1I)NC(I)N2Cc1ccccc1. The minimum atomic E-state index is 0.252. The smallest absolute Gasteiger partial charge is 0.153 e. The van der Waals surface area contributed by atoms with Crippen LogP contribution < -0.4 is 10.2 Å². The van der Waals surface area contributed by atoms with E-state index in [1.165, 1.54) is 11.3 Å². The highest BCUT2D eigenvalue weighted by atomic mass is 127. The van der Waals surface area contributed by atoms with E-state index in [2.05, 4.69) is 85.7 Å². The van der Waals surface area contributed by atoms with Crippen LogP contribution >= 0.6 is 56.8 Å². The monoisotopic (exact) mass is 496 g/mol. The summed E-state index contributed by atoms with van der Waals surface area (Å²) in [5.41, 5.74) is 3.63. The van der Waals surface area contributed by atoms with Gasteiger partial charge in [0.1, 0.15) is 0 Å². The highest BCUT2D eigenvalue weighted by Gasteiger charge is 2.27. The summed E-state index contributed by atoms with van der Waals surface area (Å²) in [5, 5.41) is 4.29. The van der Waals surface area contributed by atoms with Crippen molar-refractivity contribution in [1.82, 2.24) is 0 Å². The van der Waals surface area contributed by atoms with Crippen LogP contribution in [0.25, 0.3) is 0 Å². The molecule has 1 unspecified atom stereocenters. The summed E-state index contributed by atoms with van der Waals surface area (Å²) in [5.74, 6) is 0. The zero-order valence-corrected chi connectivity index (χ0v) is 15.0. The van der Waals surface area contributed by atoms with Gasteiger partial charge in [-0.15, -0.1) is 0 Å². The van der Waals surface area contributed by atoms with Crippen LogP contribution in [0.4, 0.5) is 11.4 Å². The number of anilines is 2. The molecule has 0 fully saturated rings. The van der Waals surface area contributed by atoms with Crippen molar-refractivity contribution in [3.8, 4) is 0 Å². The fourth-order valence-electron chi connectivity index (χ4n) is 2.16. The first kappa shape index (κ1) is 13.8. The Bertz CT molecular complexity index is 604. The van der Waals surface area contributed by atoms with E-state index in [0.29, 0.717) is 0 Å². The van der Waals surface area contributed by atoms with E-state index in [1.807, 2.05) is 12.1 Å². The van der Waals surface area contributed by atoms with Crippen LogP contribution in [0.1, 0.15) is 5.56 Å². The van der Waals surface area contributed by atoms with Crippen LogP contribution in [0.2, 0.25) is 5.02 Å². The number of nitrogens with zero attached hydrogens (tertiary/aromatic N) is 1. The Morgan fingerprint density at radius 3 is 2.68 bits per heavy atom. The lowest BCUT2D eigenvalue weighted by molar-refractivity contribution is 0.853. The van der Waals surface area contributed by atoms with Gasteiger partial charge in [-0.1, -0.05) is 41.9 Å². The van der Waals surface area contributed by atoms with Crippen LogP contribution in [0.3, 0.4) is 0 Å². The fourth-order valence-corrected chi connectivity index (χ4v) is 3.62. The molecule has 0 spiro atoms. The minimum Gasteiger partial charge on any atom is -0.355 e. The average Bonchev–Trinajstić information content (AvgIpc) is 2.68. The molecule has 1 atom stereocenters. The van der Waals surface area contributed by atoms with Crippen LogP contribution in [-0.4, -0.2) is 4.17 Å². The predicted octanol–water partition coefficient (Wildman–Crippen LogP) is 5.10. The number of halogens is 3. The molecule has 19 heavy (non-hydrogen) atoms. The molecule has 1 aliphatic heterocycles. The topological polar surface area (TPSA) is 15.3 Å². The van der Waals surface area contributed by atoms with Crippen molar-refractivity contribution < 1.29 is 0 Å². The summed E-state index contributed by atoms with van der Waals surface area (Å²) < 4.78 is 1.33. The summed E-state index contributed by atoms with van der Waals surface area (Å²) in [6.07, 6.45) is 0. The first-order valence-corrected chi connectivity index (χ1v) is 8.55. The van der Waals surface area contributed by atoms with E-state index in [-0.39, 0.29) is 4.17 Å². The van der Waals surface area contributed by atoms with E-state index >= 15 is 0 Å². The maximum atomic E-state index is 6.24. The van der Waals surface area contributed by atoms with Gasteiger partial charge in [0.25, 0.3) is 0 Å². The van der Waals surface area contributed by atoms with Gasteiger partial charge in [0.15, 0.2) is 4.17 Å². The van der Waals surface area contributed by atoms with Gasteiger partial charge in [0.2, 0.25) is 0 Å². The van der Waals surface area contributed by atoms with Crippen molar-refractivity contribution in [2.75, 3.05) is 10.2 Å². The third-order valence-electron chi connectivity index (χ3n) is 3.09. The van der Waals surface area contributed by atoms with Gasteiger partial charge in [-0.05, 0) is 62.9 Å². The lowest BCUT2D eigenvalue weighted by Crippen LogP contribution is -2.29. The van der Waals surface area contributed by atoms with Gasteiger partial charge in [-0.2, -0.15) is 0 Å². The largest absolute Gasteiger partial charge is 0.355 e. The first-order valence-electron chi connectivity index (χ1n) is 5.85. The maximum absolute atomic E-state index is 6.24. The standard InChI is InChI=1S/C14H11ClI2N2/c15-10-6-13-12(7-11(10)16)18-14(17)19(13)8-9-4-2-1-3-5-9/h1-7,14,18H,8H2. The molecule has 0 amide bonds. The van der Waals surface area contributed by atoms with Crippen molar-refractivity contribution in [3.05, 3.63) is 56.6 Å². The molecular weight excluding hydrogens is 485 g/mol. The van der Waals surface area contributed by atoms with Crippen molar-refractivity contribution in [2.45, 2.75) is 10.7 Å². The number of hydrogen-bond donors (Lipinski definition) is 1. The molecule has 98 valence electrons. The molecular formula is C14H11ClI2N2. The van der Waals surface area contributed by atoms with Gasteiger partial charge in [0, 0.05) is 10.1 Å². The number of fused-ring (bicyclic) bond motifs is 1. The second-order valence-electron chi connectivity index (χ2n) is 4.38. The molecule has 0 bridgehead atoms. The molecule has 0 aromatic heterocycles. The lowest BCUT2D eigenvalue weighted by Gasteiger charge is -2.22. The summed E-state index contributed by atoms with van der Waals surface area (Å²) in [6.45, 7) is 0.880. The predicted molar refractivity (Wildman–Crippen MR) is 98.2 cm³/mol. The minimum absolute atomic E-state index is 0.252. The summed E-state index contributed by atoms with van der Waals surface area (Å²) in [4.78, 5) is 2.33. The van der Waals surface area contributed by atoms with Gasteiger partial charge in [-0.3, -0.25) is 0 Å². The molecule has 2 aromatic rings. The van der Waals surface area contributed by atoms with Crippen molar-refractivity contribution in [1.29, 1.82) is 0 Å². The van der Waals surface area contributed by atoms with Gasteiger partial charge in [0.05, 0.1) is 16.4 Å². The highest BCUT2D eigenvalue weighted by molar-refractivity contribution is 14.1. The molecule has 2 aromatic carbocycles. The Balaban J connectivity index is 1.94. The number of alkyl halides is 1. The van der Waals surface area contributed by atoms with Gasteiger partial charge in [-0.25, -0.2) is 0 Å². The molecule has 5 heteroatoms. The highest BCUT2D eigenvalue weighted by Crippen LogP contribution is 2.41. The van der Waals surface area contributed by atoms with Crippen molar-refractivity contribution in [2.24, 2.45) is 0 Å². The van der Waals surface area contributed by atoms with Crippen LogP contribution in [-0.2, 0) is 6.54 Å². The number of rotatable bonds is 2. The zero-order valence-electron chi connectivity index (χ0n) is 9.91. The van der Waals surface area contributed by atoms with Gasteiger partial charge >= 0.3 is 0 Å². The quantitative estimate of drug-likeness (QED) is 0.354. The second-order valence-corrected chi connectivity index (χ2v) is 7.13. The molecule has 3 rings (SSSR count). The van der Waals surface area contributed by atoms with Crippen LogP contribution in [0.15, 0.2) is 42.5 Å². The van der Waals surface area contributed by atoms with Crippen molar-refractivity contribution in [3.63, 3.8) is 0 Å². The van der Waals surface area contributed by atoms with E-state index in [1.54, 1.807) is 0 Å². The average molecular weight is 497 g/mol. The van der Waals surface area contributed by atoms with Gasteiger partial charge < -0.3 is 10.2 Å². The molecule has 2 nitrogen and oxygen atoms in total. The second kappa shape index (κ2) is 5.65. The summed E-state index contributed by atoms with van der Waals surface area (Å²) >= 11 is 10.9. The molecule has 0 saturated heterocycles. The Kier molecular flexibility index (Phi) is 4.09. The summed E-state index contributed by atoms with van der Waals surface area (Å²) in [6, 6.07) is 14.6. The fraction of sp³-hybridized carbons (Fsp3) is 0.143. The summed E-state index contributed by atoms with van der Waals surface area (Å²) in [7, 11) is 0. The Labute approximate surface area is 144 Å². The number of benzene rings is 2. The Morgan fingerprint density at radius 2 is 1.95 bits per heavy atom. The molecule has 1 N–H and O–H groups in total. The number of hydrogen-bond acceptors (Lipinski definition) is 2. The normalized spacial score (nSPS) is 17.2. The molecule has 0 saturated carbocycles. The molecule has 1 aliphatic rings. The Hall–Kier alpha value is -0.210. The third kappa shape index (κ3) is 2.80. The van der Waals surface area contributed by atoms with E-state index < -0.39 is 0 Å². The zero-order chi connectivity index (χ0) is 13.4. The molecule has 0 aliphatic carbocycles. The van der Waals surface area contributed by atoms with Crippen LogP contribution in [0.5, 0.6) is 0 Å². The van der Waals surface area contributed by atoms with E-state index in [9.17, 15) is 0 Å². The third-order valence-corrected chi connectivity index (χ3v) is 5.60. The Morgan fingerprint density at radius 1 is 1.21 bits per heavy atom. The molecule has 1 heterocycles. The van der Waals surface area contributed by atoms with E-state index in [0.717, 1.165) is 20.8 Å². The van der Waals surface area contributed by atoms with Crippen molar-refractivity contribution >= 4 is 68.2 Å². The number of nitrogens with one attached hydrogen (secondary N) is 1. The first-order chi connectivity index (χ1) is 9.15. The van der Waals surface area contributed by atoms with Crippen LogP contribution in [0, 0.1) is 3.57 Å². The molecule has 0 radical (unpaired) electrons. The lowest BCUT2D eigenvalue weighted by atomic mass is 10.2. The maximum Gasteiger partial charge on any atom is 0.153 e. The van der Waals surface area contributed by atoms with E-state index in [4.69, 9.17) is 11.6 Å².